The Hall–Kier alpha value is -2.67. The van der Waals surface area contributed by atoms with Crippen LogP contribution in [0.1, 0.15) is 22.0 Å². The highest BCUT2D eigenvalue weighted by molar-refractivity contribution is 6.03. The maximum Gasteiger partial charge on any atom is 0.259 e. The van der Waals surface area contributed by atoms with Gasteiger partial charge >= 0.3 is 0 Å². The number of carbonyl (C=O) groups excluding carboxylic acids is 2. The molecular formula is C15H18N4O3. The van der Waals surface area contributed by atoms with Crippen LogP contribution in [0.3, 0.4) is 0 Å². The fourth-order valence-corrected chi connectivity index (χ4v) is 2.00. The Bertz CT molecular complexity index is 652. The summed E-state index contributed by atoms with van der Waals surface area (Å²) in [5.74, 6) is -0.384. The Labute approximate surface area is 128 Å². The number of aromatic amines is 1. The summed E-state index contributed by atoms with van der Waals surface area (Å²) in [5, 5.41) is 9.07. The maximum atomic E-state index is 12.4. The van der Waals surface area contributed by atoms with E-state index < -0.39 is 6.10 Å². The molecule has 1 aromatic heterocycles. The van der Waals surface area contributed by atoms with Crippen molar-refractivity contribution in [2.75, 3.05) is 26.5 Å². The van der Waals surface area contributed by atoms with Gasteiger partial charge in [-0.25, -0.2) is 0 Å². The van der Waals surface area contributed by atoms with Gasteiger partial charge in [-0.15, -0.1) is 0 Å². The molecular weight excluding hydrogens is 284 g/mol. The summed E-state index contributed by atoms with van der Waals surface area (Å²) in [4.78, 5) is 25.8. The third kappa shape index (κ3) is 3.32. The molecule has 1 aromatic carbocycles. The number of hydrogen-bond acceptors (Lipinski definition) is 4. The number of aromatic nitrogens is 2. The van der Waals surface area contributed by atoms with Gasteiger partial charge in [0, 0.05) is 21.2 Å². The molecule has 1 heterocycles. The van der Waals surface area contributed by atoms with Crippen LogP contribution < -0.4 is 5.32 Å². The van der Waals surface area contributed by atoms with Gasteiger partial charge in [-0.2, -0.15) is 5.10 Å². The number of carbonyl (C=O) groups is 2. The van der Waals surface area contributed by atoms with Crippen LogP contribution in [-0.2, 0) is 9.53 Å². The second-order valence-corrected chi connectivity index (χ2v) is 4.87. The average Bonchev–Trinajstić information content (AvgIpc) is 2.96. The quantitative estimate of drug-likeness (QED) is 0.875. The summed E-state index contributed by atoms with van der Waals surface area (Å²) in [6.45, 7) is 0. The first-order chi connectivity index (χ1) is 10.5. The number of methoxy groups -OCH3 is 1. The van der Waals surface area contributed by atoms with E-state index in [-0.39, 0.29) is 17.6 Å². The second kappa shape index (κ2) is 6.86. The van der Waals surface area contributed by atoms with Crippen molar-refractivity contribution in [3.63, 3.8) is 0 Å². The summed E-state index contributed by atoms with van der Waals surface area (Å²) >= 11 is 0. The van der Waals surface area contributed by atoms with Crippen LogP contribution in [0.2, 0.25) is 0 Å². The number of amides is 2. The maximum absolute atomic E-state index is 12.4. The highest BCUT2D eigenvalue weighted by Crippen LogP contribution is 2.20. The van der Waals surface area contributed by atoms with Crippen molar-refractivity contribution in [3.05, 3.63) is 47.7 Å². The molecule has 1 atom stereocenters. The van der Waals surface area contributed by atoms with Crippen LogP contribution in [0.5, 0.6) is 0 Å². The van der Waals surface area contributed by atoms with E-state index in [4.69, 9.17) is 4.74 Å². The molecule has 2 amide bonds. The van der Waals surface area contributed by atoms with E-state index in [1.54, 1.807) is 26.2 Å². The molecule has 0 saturated carbocycles. The first-order valence-corrected chi connectivity index (χ1v) is 6.68. The van der Waals surface area contributed by atoms with E-state index in [9.17, 15) is 9.59 Å². The lowest BCUT2D eigenvalue weighted by molar-refractivity contribution is -0.126. The fourth-order valence-electron chi connectivity index (χ4n) is 2.00. The number of nitrogens with zero attached hydrogens (tertiary/aromatic N) is 2. The number of hydrogen-bond donors (Lipinski definition) is 2. The van der Waals surface area contributed by atoms with Crippen molar-refractivity contribution < 1.29 is 14.3 Å². The average molecular weight is 302 g/mol. The van der Waals surface area contributed by atoms with Gasteiger partial charge in [0.15, 0.2) is 6.10 Å². The second-order valence-electron chi connectivity index (χ2n) is 4.87. The number of rotatable bonds is 5. The minimum atomic E-state index is -0.771. The number of ether oxygens (including phenoxy) is 1. The highest BCUT2D eigenvalue weighted by Gasteiger charge is 2.23. The Morgan fingerprint density at radius 2 is 1.95 bits per heavy atom. The van der Waals surface area contributed by atoms with E-state index in [0.29, 0.717) is 5.56 Å². The molecule has 0 aliphatic heterocycles. The number of nitrogens with one attached hydrogen (secondary N) is 2. The molecule has 0 radical (unpaired) electrons. The zero-order valence-electron chi connectivity index (χ0n) is 12.7. The summed E-state index contributed by atoms with van der Waals surface area (Å²) in [7, 11) is 4.71. The Morgan fingerprint density at radius 3 is 2.55 bits per heavy atom. The van der Waals surface area contributed by atoms with Gasteiger partial charge < -0.3 is 15.0 Å². The third-order valence-electron chi connectivity index (χ3n) is 3.10. The van der Waals surface area contributed by atoms with Crippen molar-refractivity contribution in [2.24, 2.45) is 0 Å². The van der Waals surface area contributed by atoms with Gasteiger partial charge in [0.25, 0.3) is 11.8 Å². The molecule has 0 fully saturated rings. The Kier molecular flexibility index (Phi) is 4.90. The molecule has 0 aliphatic carbocycles. The normalized spacial score (nSPS) is 11.8. The summed E-state index contributed by atoms with van der Waals surface area (Å²) in [5.41, 5.74) is 1.02. The molecule has 7 nitrogen and oxygen atoms in total. The lowest BCUT2D eigenvalue weighted by Crippen LogP contribution is -2.26. The first-order valence-electron chi connectivity index (χ1n) is 6.68. The zero-order valence-corrected chi connectivity index (χ0v) is 12.7. The molecule has 0 spiro atoms. The molecule has 22 heavy (non-hydrogen) atoms. The van der Waals surface area contributed by atoms with Gasteiger partial charge in [0.2, 0.25) is 0 Å². The van der Waals surface area contributed by atoms with Gasteiger partial charge in [-0.1, -0.05) is 30.3 Å². The van der Waals surface area contributed by atoms with Gasteiger partial charge in [0.05, 0.1) is 6.20 Å². The van der Waals surface area contributed by atoms with Gasteiger partial charge in [-0.3, -0.25) is 14.7 Å². The minimum absolute atomic E-state index is 0.252. The first kappa shape index (κ1) is 15.7. The van der Waals surface area contributed by atoms with Crippen LogP contribution in [0.4, 0.5) is 5.82 Å². The van der Waals surface area contributed by atoms with Crippen molar-refractivity contribution in [1.29, 1.82) is 0 Å². The molecule has 116 valence electrons. The molecule has 0 saturated heterocycles. The Balaban J connectivity index is 2.18. The van der Waals surface area contributed by atoms with E-state index in [2.05, 4.69) is 15.5 Å². The van der Waals surface area contributed by atoms with E-state index >= 15 is 0 Å². The predicted molar refractivity (Wildman–Crippen MR) is 81.4 cm³/mol. The molecule has 0 bridgehead atoms. The molecule has 0 aliphatic rings. The smallest absolute Gasteiger partial charge is 0.259 e. The van der Waals surface area contributed by atoms with Gasteiger partial charge in [-0.05, 0) is 5.56 Å². The largest absolute Gasteiger partial charge is 0.367 e. The lowest BCUT2D eigenvalue weighted by Gasteiger charge is -2.16. The van der Waals surface area contributed by atoms with Crippen LogP contribution >= 0.6 is 0 Å². The van der Waals surface area contributed by atoms with Crippen LogP contribution in [0.15, 0.2) is 36.5 Å². The van der Waals surface area contributed by atoms with Crippen molar-refractivity contribution >= 4 is 17.6 Å². The molecule has 0 unspecified atom stereocenters. The molecule has 2 aromatic rings. The topological polar surface area (TPSA) is 87.3 Å². The van der Waals surface area contributed by atoms with E-state index in [0.717, 1.165) is 5.56 Å². The number of anilines is 1. The van der Waals surface area contributed by atoms with E-state index in [1.807, 2.05) is 18.2 Å². The van der Waals surface area contributed by atoms with Crippen LogP contribution in [-0.4, -0.2) is 48.1 Å². The standard InChI is InChI=1S/C15H18N4O3/c1-19(2)15(21)11-9-16-18-13(11)17-14(20)12(22-3)10-7-5-4-6-8-10/h4-9,12H,1-3H3,(H2,16,17,18,20)/t12-/m1/s1. The zero-order chi connectivity index (χ0) is 16.1. The number of H-pyrrole nitrogens is 1. The van der Waals surface area contributed by atoms with Gasteiger partial charge in [0.1, 0.15) is 11.4 Å². The highest BCUT2D eigenvalue weighted by atomic mass is 16.5. The Morgan fingerprint density at radius 1 is 1.27 bits per heavy atom. The monoisotopic (exact) mass is 302 g/mol. The lowest BCUT2D eigenvalue weighted by atomic mass is 10.1. The van der Waals surface area contributed by atoms with Crippen molar-refractivity contribution in [1.82, 2.24) is 15.1 Å². The number of benzene rings is 1. The fraction of sp³-hybridized carbons (Fsp3) is 0.267. The molecule has 7 heteroatoms. The summed E-state index contributed by atoms with van der Waals surface area (Å²) in [6, 6.07) is 9.10. The summed E-state index contributed by atoms with van der Waals surface area (Å²) in [6.07, 6.45) is 0.606. The third-order valence-corrected chi connectivity index (χ3v) is 3.10. The van der Waals surface area contributed by atoms with Crippen LogP contribution in [0, 0.1) is 0 Å². The molecule has 2 N–H and O–H groups in total. The molecule has 2 rings (SSSR count). The van der Waals surface area contributed by atoms with E-state index in [1.165, 1.54) is 18.2 Å². The minimum Gasteiger partial charge on any atom is -0.367 e. The SMILES string of the molecule is CO[C@@H](C(=O)Nc1[nH]ncc1C(=O)N(C)C)c1ccccc1. The predicted octanol–water partition coefficient (Wildman–Crippen LogP) is 1.44. The van der Waals surface area contributed by atoms with Crippen LogP contribution in [0.25, 0.3) is 0 Å². The van der Waals surface area contributed by atoms with Crippen molar-refractivity contribution in [3.8, 4) is 0 Å². The summed E-state index contributed by atoms with van der Waals surface area (Å²) < 4.78 is 5.25. The van der Waals surface area contributed by atoms with Crippen molar-refractivity contribution in [2.45, 2.75) is 6.10 Å².